The number of nitrogens with one attached hydrogen (secondary N) is 1. The minimum atomic E-state index is -4.17. The first-order valence-electron chi connectivity index (χ1n) is 5.51. The molecule has 2 nitrogen and oxygen atoms in total. The summed E-state index contributed by atoms with van der Waals surface area (Å²) in [6.07, 6.45) is -5.10. The van der Waals surface area contributed by atoms with Crippen LogP contribution in [-0.4, -0.2) is 19.3 Å². The standard InChI is InChI=1S/C12H16F3NO/c1-2-16-9-10-5-3-4-6-11(10)17-8-7-12(13,14)15/h3-6,16H,2,7-9H2,1H3. The maximum absolute atomic E-state index is 12.0. The average molecular weight is 247 g/mol. The molecule has 1 aromatic rings. The van der Waals surface area contributed by atoms with E-state index in [1.807, 2.05) is 19.1 Å². The van der Waals surface area contributed by atoms with Gasteiger partial charge in [-0.1, -0.05) is 25.1 Å². The van der Waals surface area contributed by atoms with Crippen molar-refractivity contribution in [3.63, 3.8) is 0 Å². The fourth-order valence-corrected chi connectivity index (χ4v) is 1.33. The second-order valence-electron chi connectivity index (χ2n) is 3.60. The van der Waals surface area contributed by atoms with Gasteiger partial charge in [-0.05, 0) is 12.6 Å². The molecule has 17 heavy (non-hydrogen) atoms. The SMILES string of the molecule is CCNCc1ccccc1OCCC(F)(F)F. The predicted molar refractivity (Wildman–Crippen MR) is 60.0 cm³/mol. The summed E-state index contributed by atoms with van der Waals surface area (Å²) >= 11 is 0. The minimum Gasteiger partial charge on any atom is -0.493 e. The molecule has 1 rings (SSSR count). The highest BCUT2D eigenvalue weighted by atomic mass is 19.4. The Morgan fingerprint density at radius 3 is 2.59 bits per heavy atom. The fourth-order valence-electron chi connectivity index (χ4n) is 1.33. The lowest BCUT2D eigenvalue weighted by Gasteiger charge is -2.12. The molecule has 0 saturated heterocycles. The molecule has 0 aromatic heterocycles. The largest absolute Gasteiger partial charge is 0.493 e. The van der Waals surface area contributed by atoms with Crippen LogP contribution in [0.1, 0.15) is 18.9 Å². The summed E-state index contributed by atoms with van der Waals surface area (Å²) in [6, 6.07) is 7.11. The van der Waals surface area contributed by atoms with Gasteiger partial charge in [-0.3, -0.25) is 0 Å². The number of ether oxygens (including phenoxy) is 1. The Kier molecular flexibility index (Phi) is 5.28. The van der Waals surface area contributed by atoms with Crippen LogP contribution in [0, 0.1) is 0 Å². The number of hydrogen-bond acceptors (Lipinski definition) is 2. The smallest absolute Gasteiger partial charge is 0.392 e. The number of para-hydroxylation sites is 1. The Hall–Kier alpha value is -1.23. The van der Waals surface area contributed by atoms with Gasteiger partial charge in [0, 0.05) is 12.1 Å². The van der Waals surface area contributed by atoms with Gasteiger partial charge in [0.25, 0.3) is 0 Å². The van der Waals surface area contributed by atoms with E-state index in [0.717, 1.165) is 12.1 Å². The van der Waals surface area contributed by atoms with Gasteiger partial charge in [0.1, 0.15) is 5.75 Å². The molecule has 0 bridgehead atoms. The van der Waals surface area contributed by atoms with Crippen molar-refractivity contribution in [2.45, 2.75) is 26.1 Å². The summed E-state index contributed by atoms with van der Waals surface area (Å²) in [6.45, 7) is 3.02. The van der Waals surface area contributed by atoms with Crippen LogP contribution in [0.5, 0.6) is 5.75 Å². The Labute approximate surface area is 98.8 Å². The molecule has 0 aliphatic carbocycles. The van der Waals surface area contributed by atoms with Gasteiger partial charge in [-0.25, -0.2) is 0 Å². The van der Waals surface area contributed by atoms with Gasteiger partial charge >= 0.3 is 6.18 Å². The zero-order valence-corrected chi connectivity index (χ0v) is 9.68. The van der Waals surface area contributed by atoms with E-state index in [-0.39, 0.29) is 6.61 Å². The van der Waals surface area contributed by atoms with Crippen LogP contribution in [0.4, 0.5) is 13.2 Å². The van der Waals surface area contributed by atoms with E-state index < -0.39 is 12.6 Å². The van der Waals surface area contributed by atoms with E-state index in [9.17, 15) is 13.2 Å². The first kappa shape index (κ1) is 13.8. The normalized spacial score (nSPS) is 11.5. The van der Waals surface area contributed by atoms with Crippen LogP contribution < -0.4 is 10.1 Å². The predicted octanol–water partition coefficient (Wildman–Crippen LogP) is 3.13. The number of benzene rings is 1. The van der Waals surface area contributed by atoms with Crippen molar-refractivity contribution >= 4 is 0 Å². The highest BCUT2D eigenvalue weighted by Gasteiger charge is 2.26. The van der Waals surface area contributed by atoms with Crippen molar-refractivity contribution in [1.82, 2.24) is 5.32 Å². The molecule has 0 aliphatic rings. The Morgan fingerprint density at radius 2 is 1.94 bits per heavy atom. The highest BCUT2D eigenvalue weighted by Crippen LogP contribution is 2.22. The molecule has 96 valence electrons. The summed E-state index contributed by atoms with van der Waals surface area (Å²) in [5, 5.41) is 3.11. The number of alkyl halides is 3. The third kappa shape index (κ3) is 5.58. The van der Waals surface area contributed by atoms with Gasteiger partial charge in [-0.2, -0.15) is 13.2 Å². The Balaban J connectivity index is 2.51. The number of rotatable bonds is 6. The van der Waals surface area contributed by atoms with E-state index in [1.165, 1.54) is 0 Å². The molecule has 5 heteroatoms. The average Bonchev–Trinajstić information content (AvgIpc) is 2.26. The maximum Gasteiger partial charge on any atom is 0.392 e. The van der Waals surface area contributed by atoms with Gasteiger partial charge in [-0.15, -0.1) is 0 Å². The quantitative estimate of drug-likeness (QED) is 0.833. The zero-order chi connectivity index (χ0) is 12.7. The molecule has 0 aliphatic heterocycles. The van der Waals surface area contributed by atoms with Crippen molar-refractivity contribution in [3.8, 4) is 5.75 Å². The van der Waals surface area contributed by atoms with Crippen LogP contribution in [0.3, 0.4) is 0 Å². The van der Waals surface area contributed by atoms with Gasteiger partial charge in [0.15, 0.2) is 0 Å². The lowest BCUT2D eigenvalue weighted by molar-refractivity contribution is -0.139. The van der Waals surface area contributed by atoms with Gasteiger partial charge in [0.05, 0.1) is 13.0 Å². The van der Waals surface area contributed by atoms with Crippen molar-refractivity contribution < 1.29 is 17.9 Å². The van der Waals surface area contributed by atoms with Crippen molar-refractivity contribution in [2.24, 2.45) is 0 Å². The number of halogens is 3. The van der Waals surface area contributed by atoms with E-state index in [0.29, 0.717) is 12.3 Å². The van der Waals surface area contributed by atoms with Crippen LogP contribution in [-0.2, 0) is 6.54 Å². The fraction of sp³-hybridized carbons (Fsp3) is 0.500. The summed E-state index contributed by atoms with van der Waals surface area (Å²) in [7, 11) is 0. The monoisotopic (exact) mass is 247 g/mol. The van der Waals surface area contributed by atoms with E-state index in [4.69, 9.17) is 4.74 Å². The Bertz CT molecular complexity index is 339. The molecule has 1 N–H and O–H groups in total. The highest BCUT2D eigenvalue weighted by molar-refractivity contribution is 5.33. The molecule has 1 aromatic carbocycles. The van der Waals surface area contributed by atoms with E-state index in [2.05, 4.69) is 5.32 Å². The summed E-state index contributed by atoms with van der Waals surface area (Å²) in [5.74, 6) is 0.512. The molecule has 0 saturated carbocycles. The zero-order valence-electron chi connectivity index (χ0n) is 9.68. The summed E-state index contributed by atoms with van der Waals surface area (Å²) in [5.41, 5.74) is 0.872. The van der Waals surface area contributed by atoms with E-state index in [1.54, 1.807) is 12.1 Å². The number of hydrogen-bond donors (Lipinski definition) is 1. The third-order valence-electron chi connectivity index (χ3n) is 2.18. The van der Waals surface area contributed by atoms with Crippen LogP contribution in [0.2, 0.25) is 0 Å². The molecular weight excluding hydrogens is 231 g/mol. The van der Waals surface area contributed by atoms with Crippen LogP contribution in [0.15, 0.2) is 24.3 Å². The molecule has 0 spiro atoms. The van der Waals surface area contributed by atoms with Crippen molar-refractivity contribution in [3.05, 3.63) is 29.8 Å². The van der Waals surface area contributed by atoms with Crippen LogP contribution >= 0.6 is 0 Å². The molecule has 0 unspecified atom stereocenters. The molecule has 0 heterocycles. The summed E-state index contributed by atoms with van der Waals surface area (Å²) in [4.78, 5) is 0. The molecule has 0 fully saturated rings. The minimum absolute atomic E-state index is 0.341. The molecule has 0 radical (unpaired) electrons. The molecule has 0 amide bonds. The second kappa shape index (κ2) is 6.49. The lowest BCUT2D eigenvalue weighted by Crippen LogP contribution is -2.15. The van der Waals surface area contributed by atoms with Gasteiger partial charge in [0.2, 0.25) is 0 Å². The van der Waals surface area contributed by atoms with Crippen molar-refractivity contribution in [1.29, 1.82) is 0 Å². The topological polar surface area (TPSA) is 21.3 Å². The van der Waals surface area contributed by atoms with E-state index >= 15 is 0 Å². The summed E-state index contributed by atoms with van der Waals surface area (Å²) < 4.78 is 41.1. The maximum atomic E-state index is 12.0. The molecule has 0 atom stereocenters. The van der Waals surface area contributed by atoms with Crippen molar-refractivity contribution in [2.75, 3.05) is 13.2 Å². The first-order chi connectivity index (χ1) is 8.03. The lowest BCUT2D eigenvalue weighted by atomic mass is 10.2. The van der Waals surface area contributed by atoms with Crippen LogP contribution in [0.25, 0.3) is 0 Å². The third-order valence-corrected chi connectivity index (χ3v) is 2.18. The second-order valence-corrected chi connectivity index (χ2v) is 3.60. The molecular formula is C12H16F3NO. The van der Waals surface area contributed by atoms with Gasteiger partial charge < -0.3 is 10.1 Å². The Morgan fingerprint density at radius 1 is 1.24 bits per heavy atom. The first-order valence-corrected chi connectivity index (χ1v) is 5.51.